The summed E-state index contributed by atoms with van der Waals surface area (Å²) >= 11 is 0. The zero-order valence-corrected chi connectivity index (χ0v) is 11.9. The van der Waals surface area contributed by atoms with Crippen LogP contribution in [0.1, 0.15) is 39.0 Å². The van der Waals surface area contributed by atoms with Crippen LogP contribution in [0.3, 0.4) is 0 Å². The fraction of sp³-hybridized carbons (Fsp3) is 0.929. The van der Waals surface area contributed by atoms with E-state index in [9.17, 15) is 4.79 Å². The van der Waals surface area contributed by atoms with Gasteiger partial charge < -0.3 is 15.0 Å². The summed E-state index contributed by atoms with van der Waals surface area (Å²) in [6.07, 6.45) is 6.06. The molecule has 0 radical (unpaired) electrons. The number of hydrogen-bond acceptors (Lipinski definition) is 3. The molecular formula is C14H26N2O2. The van der Waals surface area contributed by atoms with Gasteiger partial charge in [0, 0.05) is 33.4 Å². The highest BCUT2D eigenvalue weighted by Gasteiger charge is 2.44. The summed E-state index contributed by atoms with van der Waals surface area (Å²) in [5.41, 5.74) is 0.388. The number of nitrogens with one attached hydrogen (secondary N) is 1. The molecule has 2 atom stereocenters. The molecule has 1 N–H and O–H groups in total. The Hall–Kier alpha value is -0.610. The average Bonchev–Trinajstić information content (AvgIpc) is 2.72. The first kappa shape index (κ1) is 13.8. The van der Waals surface area contributed by atoms with E-state index in [4.69, 9.17) is 4.74 Å². The minimum Gasteiger partial charge on any atom is -0.381 e. The molecule has 1 saturated heterocycles. The summed E-state index contributed by atoms with van der Waals surface area (Å²) in [6.45, 7) is 3.75. The van der Waals surface area contributed by atoms with Crippen LogP contribution in [0.25, 0.3) is 0 Å². The molecule has 2 fully saturated rings. The number of carbonyl (C=O) groups is 1. The van der Waals surface area contributed by atoms with Crippen molar-refractivity contribution in [1.82, 2.24) is 10.2 Å². The second kappa shape index (κ2) is 5.57. The minimum absolute atomic E-state index is 0.0807. The van der Waals surface area contributed by atoms with Crippen LogP contribution in [0.5, 0.6) is 0 Å². The number of likely N-dealkylation sites (N-methyl/N-ethyl adjacent to an activating group) is 1. The first-order valence-corrected chi connectivity index (χ1v) is 7.10. The van der Waals surface area contributed by atoms with E-state index in [1.54, 1.807) is 4.90 Å². The predicted octanol–water partition coefficient (Wildman–Crippen LogP) is 1.40. The molecule has 104 valence electrons. The van der Waals surface area contributed by atoms with E-state index < -0.39 is 0 Å². The van der Waals surface area contributed by atoms with Gasteiger partial charge in [-0.15, -0.1) is 0 Å². The molecule has 2 rings (SSSR count). The van der Waals surface area contributed by atoms with E-state index >= 15 is 0 Å². The molecule has 0 aromatic rings. The first-order chi connectivity index (χ1) is 8.55. The van der Waals surface area contributed by atoms with Gasteiger partial charge in [-0.1, -0.05) is 6.42 Å². The van der Waals surface area contributed by atoms with Gasteiger partial charge in [-0.05, 0) is 38.0 Å². The molecule has 4 heteroatoms. The lowest BCUT2D eigenvalue weighted by atomic mass is 9.75. The molecule has 1 amide bonds. The lowest BCUT2D eigenvalue weighted by molar-refractivity contribution is -0.131. The maximum absolute atomic E-state index is 11.9. The van der Waals surface area contributed by atoms with Crippen molar-refractivity contribution in [2.24, 2.45) is 5.41 Å². The third-order valence-electron chi connectivity index (χ3n) is 4.66. The van der Waals surface area contributed by atoms with E-state index in [1.807, 2.05) is 21.0 Å². The number of rotatable bonds is 3. The summed E-state index contributed by atoms with van der Waals surface area (Å²) < 4.78 is 5.49. The highest BCUT2D eigenvalue weighted by Crippen LogP contribution is 2.46. The van der Waals surface area contributed by atoms with Gasteiger partial charge in [0.25, 0.3) is 0 Å². The summed E-state index contributed by atoms with van der Waals surface area (Å²) in [4.78, 5) is 13.6. The van der Waals surface area contributed by atoms with Crippen molar-refractivity contribution < 1.29 is 9.53 Å². The molecule has 18 heavy (non-hydrogen) atoms. The average molecular weight is 254 g/mol. The summed E-state index contributed by atoms with van der Waals surface area (Å²) in [5, 5.41) is 3.57. The molecule has 1 spiro atoms. The van der Waals surface area contributed by atoms with Crippen molar-refractivity contribution in [3.8, 4) is 0 Å². The van der Waals surface area contributed by atoms with E-state index in [1.165, 1.54) is 19.3 Å². The second-order valence-corrected chi connectivity index (χ2v) is 6.04. The maximum atomic E-state index is 11.9. The quantitative estimate of drug-likeness (QED) is 0.828. The zero-order chi connectivity index (χ0) is 13.2. The van der Waals surface area contributed by atoms with Gasteiger partial charge in [0.2, 0.25) is 5.91 Å². The van der Waals surface area contributed by atoms with Gasteiger partial charge in [0.1, 0.15) is 0 Å². The van der Waals surface area contributed by atoms with Crippen LogP contribution in [-0.4, -0.2) is 50.2 Å². The van der Waals surface area contributed by atoms with Gasteiger partial charge in [0.15, 0.2) is 0 Å². The van der Waals surface area contributed by atoms with Crippen LogP contribution in [0.2, 0.25) is 0 Å². The molecular weight excluding hydrogens is 228 g/mol. The molecule has 0 bridgehead atoms. The fourth-order valence-electron chi connectivity index (χ4n) is 3.54. The van der Waals surface area contributed by atoms with Crippen molar-refractivity contribution >= 4 is 5.91 Å². The standard InChI is InChI=1S/C14H26N2O2/c1-11(13(17)16(2)3)15-12-5-4-6-14(12)7-9-18-10-8-14/h11-12,15H,4-10H2,1-3H3. The fourth-order valence-corrected chi connectivity index (χ4v) is 3.54. The summed E-state index contributed by atoms with van der Waals surface area (Å²) in [5.74, 6) is 0.170. The Kier molecular flexibility index (Phi) is 4.28. The predicted molar refractivity (Wildman–Crippen MR) is 71.4 cm³/mol. The van der Waals surface area contributed by atoms with Crippen LogP contribution in [0, 0.1) is 5.41 Å². The van der Waals surface area contributed by atoms with Crippen molar-refractivity contribution in [3.05, 3.63) is 0 Å². The summed E-state index contributed by atoms with van der Waals surface area (Å²) in [6, 6.07) is 0.406. The molecule has 1 saturated carbocycles. The lowest BCUT2D eigenvalue weighted by Crippen LogP contribution is -2.52. The van der Waals surface area contributed by atoms with Crippen LogP contribution in [0.15, 0.2) is 0 Å². The number of ether oxygens (including phenoxy) is 1. The number of amides is 1. The number of nitrogens with zero attached hydrogens (tertiary/aromatic N) is 1. The Balaban J connectivity index is 1.97. The molecule has 0 aromatic heterocycles. The van der Waals surface area contributed by atoms with Crippen molar-refractivity contribution in [2.75, 3.05) is 27.3 Å². The molecule has 1 aliphatic carbocycles. The van der Waals surface area contributed by atoms with Gasteiger partial charge >= 0.3 is 0 Å². The van der Waals surface area contributed by atoms with E-state index in [0.29, 0.717) is 11.5 Å². The normalized spacial score (nSPS) is 28.3. The van der Waals surface area contributed by atoms with Gasteiger partial charge in [-0.25, -0.2) is 0 Å². The highest BCUT2D eigenvalue weighted by molar-refractivity contribution is 5.80. The topological polar surface area (TPSA) is 41.6 Å². The van der Waals surface area contributed by atoms with Crippen LogP contribution in [0.4, 0.5) is 0 Å². The molecule has 2 aliphatic rings. The van der Waals surface area contributed by atoms with Crippen LogP contribution >= 0.6 is 0 Å². The Morgan fingerprint density at radius 2 is 2.00 bits per heavy atom. The smallest absolute Gasteiger partial charge is 0.238 e. The largest absolute Gasteiger partial charge is 0.381 e. The minimum atomic E-state index is -0.0807. The highest BCUT2D eigenvalue weighted by atomic mass is 16.5. The molecule has 4 nitrogen and oxygen atoms in total. The molecule has 0 aromatic carbocycles. The van der Waals surface area contributed by atoms with Gasteiger partial charge in [0.05, 0.1) is 6.04 Å². The first-order valence-electron chi connectivity index (χ1n) is 7.10. The Morgan fingerprint density at radius 1 is 1.33 bits per heavy atom. The monoisotopic (exact) mass is 254 g/mol. The lowest BCUT2D eigenvalue weighted by Gasteiger charge is -2.40. The molecule has 1 aliphatic heterocycles. The van der Waals surface area contributed by atoms with Crippen molar-refractivity contribution in [2.45, 2.75) is 51.1 Å². The number of hydrogen-bond donors (Lipinski definition) is 1. The van der Waals surface area contributed by atoms with Crippen LogP contribution in [-0.2, 0) is 9.53 Å². The van der Waals surface area contributed by atoms with E-state index in [-0.39, 0.29) is 11.9 Å². The Labute approximate surface area is 110 Å². The van der Waals surface area contributed by atoms with Gasteiger partial charge in [-0.2, -0.15) is 0 Å². The van der Waals surface area contributed by atoms with E-state index in [0.717, 1.165) is 26.1 Å². The second-order valence-electron chi connectivity index (χ2n) is 6.04. The van der Waals surface area contributed by atoms with Crippen molar-refractivity contribution in [1.29, 1.82) is 0 Å². The third kappa shape index (κ3) is 2.69. The molecule has 1 heterocycles. The zero-order valence-electron chi connectivity index (χ0n) is 11.9. The Morgan fingerprint density at radius 3 is 2.61 bits per heavy atom. The maximum Gasteiger partial charge on any atom is 0.238 e. The number of carbonyl (C=O) groups excluding carboxylic acids is 1. The van der Waals surface area contributed by atoms with Crippen LogP contribution < -0.4 is 5.32 Å². The van der Waals surface area contributed by atoms with E-state index in [2.05, 4.69) is 5.32 Å². The van der Waals surface area contributed by atoms with Gasteiger partial charge in [-0.3, -0.25) is 4.79 Å². The Bertz CT molecular complexity index is 298. The SMILES string of the molecule is CC(NC1CCCC12CCOCC2)C(=O)N(C)C. The van der Waals surface area contributed by atoms with Crippen molar-refractivity contribution in [3.63, 3.8) is 0 Å². The third-order valence-corrected chi connectivity index (χ3v) is 4.66. The summed E-state index contributed by atoms with van der Waals surface area (Å²) in [7, 11) is 3.64. The molecule has 2 unspecified atom stereocenters.